The Labute approximate surface area is 161 Å². The van der Waals surface area contributed by atoms with Gasteiger partial charge in [-0.15, -0.1) is 0 Å². The van der Waals surface area contributed by atoms with Gasteiger partial charge in [0.2, 0.25) is 5.91 Å². The van der Waals surface area contributed by atoms with E-state index in [9.17, 15) is 22.8 Å². The number of nitrogens with one attached hydrogen (secondary N) is 1. The summed E-state index contributed by atoms with van der Waals surface area (Å²) in [5.74, 6) is -1.42. The predicted molar refractivity (Wildman–Crippen MR) is 99.1 cm³/mol. The molecule has 0 radical (unpaired) electrons. The average Bonchev–Trinajstić information content (AvgIpc) is 3.03. The van der Waals surface area contributed by atoms with Crippen molar-refractivity contribution in [2.24, 2.45) is 0 Å². The van der Waals surface area contributed by atoms with Crippen LogP contribution >= 0.6 is 0 Å². The molecule has 1 aromatic heterocycles. The fraction of sp³-hybridized carbons (Fsp3) is 0.421. The van der Waals surface area contributed by atoms with Crippen LogP contribution < -0.4 is 5.32 Å². The van der Waals surface area contributed by atoms with Crippen LogP contribution in [0.25, 0.3) is 0 Å². The largest absolute Gasteiger partial charge is 0.433 e. The molecule has 0 aliphatic carbocycles. The van der Waals surface area contributed by atoms with E-state index in [4.69, 9.17) is 0 Å². The minimum atomic E-state index is -4.74. The molecule has 0 saturated heterocycles. The number of aryl methyl sites for hydroxylation is 2. The van der Waals surface area contributed by atoms with Crippen molar-refractivity contribution in [3.8, 4) is 0 Å². The molecule has 0 aliphatic heterocycles. The van der Waals surface area contributed by atoms with Crippen LogP contribution in [0.1, 0.15) is 47.1 Å². The Hall–Kier alpha value is -2.84. The first-order valence-corrected chi connectivity index (χ1v) is 8.69. The van der Waals surface area contributed by atoms with Gasteiger partial charge in [-0.3, -0.25) is 14.3 Å². The smallest absolute Gasteiger partial charge is 0.332 e. The molecular weight excluding hydrogens is 373 g/mol. The zero-order chi connectivity index (χ0) is 21.2. The maximum absolute atomic E-state index is 13.5. The van der Waals surface area contributed by atoms with Gasteiger partial charge >= 0.3 is 6.18 Å². The summed E-state index contributed by atoms with van der Waals surface area (Å²) in [7, 11) is 1.28. The number of aromatic nitrogens is 2. The maximum Gasteiger partial charge on any atom is 0.433 e. The zero-order valence-corrected chi connectivity index (χ0v) is 16.4. The fourth-order valence-electron chi connectivity index (χ4n) is 2.88. The lowest BCUT2D eigenvalue weighted by molar-refractivity contribution is -0.145. The third-order valence-corrected chi connectivity index (χ3v) is 4.26. The second kappa shape index (κ2) is 8.04. The Bertz CT molecular complexity index is 868. The second-order valence-corrected chi connectivity index (χ2v) is 6.92. The SMILES string of the molecule is Cc1cccc(C)c1NC(=O)CN(C)C(=O)c1cnn(C(C)C)c1C(F)(F)F. The van der Waals surface area contributed by atoms with Crippen molar-refractivity contribution in [3.63, 3.8) is 0 Å². The Kier molecular flexibility index (Phi) is 6.16. The van der Waals surface area contributed by atoms with Crippen molar-refractivity contribution in [2.45, 2.75) is 39.9 Å². The van der Waals surface area contributed by atoms with Crippen LogP contribution in [0.4, 0.5) is 18.9 Å². The van der Waals surface area contributed by atoms with Gasteiger partial charge in [0.05, 0.1) is 18.3 Å². The first kappa shape index (κ1) is 21.5. The molecule has 1 N–H and O–H groups in total. The topological polar surface area (TPSA) is 67.2 Å². The number of hydrogen-bond acceptors (Lipinski definition) is 3. The predicted octanol–water partition coefficient (Wildman–Crippen LogP) is 3.81. The van der Waals surface area contributed by atoms with Crippen LogP contribution in [0.3, 0.4) is 0 Å². The van der Waals surface area contributed by atoms with Crippen molar-refractivity contribution in [1.82, 2.24) is 14.7 Å². The molecule has 0 fully saturated rings. The van der Waals surface area contributed by atoms with Crippen molar-refractivity contribution < 1.29 is 22.8 Å². The van der Waals surface area contributed by atoms with Crippen LogP contribution in [0, 0.1) is 13.8 Å². The summed E-state index contributed by atoms with van der Waals surface area (Å²) < 4.78 is 41.1. The van der Waals surface area contributed by atoms with Gasteiger partial charge < -0.3 is 10.2 Å². The molecular formula is C19H23F3N4O2. The molecule has 9 heteroatoms. The monoisotopic (exact) mass is 396 g/mol. The number of likely N-dealkylation sites (N-methyl/N-ethyl adjacent to an activating group) is 1. The Balaban J connectivity index is 2.20. The van der Waals surface area contributed by atoms with Crippen molar-refractivity contribution in [1.29, 1.82) is 0 Å². The number of alkyl halides is 3. The van der Waals surface area contributed by atoms with Gasteiger partial charge in [-0.2, -0.15) is 18.3 Å². The number of amides is 2. The van der Waals surface area contributed by atoms with Crippen molar-refractivity contribution in [2.75, 3.05) is 18.9 Å². The van der Waals surface area contributed by atoms with Gasteiger partial charge in [-0.25, -0.2) is 0 Å². The third kappa shape index (κ3) is 4.52. The highest BCUT2D eigenvalue weighted by atomic mass is 19.4. The summed E-state index contributed by atoms with van der Waals surface area (Å²) in [6.45, 7) is 6.34. The average molecular weight is 396 g/mol. The van der Waals surface area contributed by atoms with Gasteiger partial charge in [-0.1, -0.05) is 18.2 Å². The molecule has 0 saturated carbocycles. The normalized spacial score (nSPS) is 11.6. The van der Waals surface area contributed by atoms with E-state index in [1.54, 1.807) is 0 Å². The van der Waals surface area contributed by atoms with E-state index in [1.807, 2.05) is 32.0 Å². The number of hydrogen-bond donors (Lipinski definition) is 1. The summed E-state index contributed by atoms with van der Waals surface area (Å²) >= 11 is 0. The quantitative estimate of drug-likeness (QED) is 0.836. The molecule has 28 heavy (non-hydrogen) atoms. The van der Waals surface area contributed by atoms with Crippen molar-refractivity contribution >= 4 is 17.5 Å². The zero-order valence-electron chi connectivity index (χ0n) is 16.4. The number of halogens is 3. The first-order valence-electron chi connectivity index (χ1n) is 8.69. The molecule has 152 valence electrons. The van der Waals surface area contributed by atoms with Crippen LogP contribution in [-0.2, 0) is 11.0 Å². The number of carbonyl (C=O) groups excluding carboxylic acids is 2. The fourth-order valence-corrected chi connectivity index (χ4v) is 2.88. The summed E-state index contributed by atoms with van der Waals surface area (Å²) in [6, 6.07) is 4.93. The lowest BCUT2D eigenvalue weighted by atomic mass is 10.1. The standard InChI is InChI=1S/C19H23F3N4O2/c1-11(2)26-17(19(20,21)22)14(9-23-26)18(28)25(5)10-15(27)24-16-12(3)7-6-8-13(16)4/h6-9,11H,10H2,1-5H3,(H,24,27). The van der Waals surface area contributed by atoms with Crippen molar-refractivity contribution in [3.05, 3.63) is 46.8 Å². The number of carbonyl (C=O) groups is 2. The number of para-hydroxylation sites is 1. The molecule has 1 aromatic carbocycles. The van der Waals surface area contributed by atoms with Gasteiger partial charge in [0.1, 0.15) is 0 Å². The van der Waals surface area contributed by atoms with E-state index in [1.165, 1.54) is 20.9 Å². The minimum Gasteiger partial charge on any atom is -0.332 e. The summed E-state index contributed by atoms with van der Waals surface area (Å²) in [4.78, 5) is 25.8. The third-order valence-electron chi connectivity index (χ3n) is 4.26. The van der Waals surface area contributed by atoms with E-state index in [-0.39, 0.29) is 0 Å². The number of benzene rings is 1. The van der Waals surface area contributed by atoms with E-state index in [2.05, 4.69) is 10.4 Å². The molecule has 0 bridgehead atoms. The van der Waals surface area contributed by atoms with E-state index < -0.39 is 41.8 Å². The highest BCUT2D eigenvalue weighted by Gasteiger charge is 2.41. The molecule has 2 amide bonds. The maximum atomic E-state index is 13.5. The molecule has 0 atom stereocenters. The molecule has 0 unspecified atom stereocenters. The van der Waals surface area contributed by atoms with Gasteiger partial charge in [0.15, 0.2) is 5.69 Å². The van der Waals surface area contributed by atoms with Gasteiger partial charge in [0, 0.05) is 18.8 Å². The van der Waals surface area contributed by atoms with Gasteiger partial charge in [0.25, 0.3) is 5.91 Å². The highest BCUT2D eigenvalue weighted by molar-refractivity contribution is 6.00. The Morgan fingerprint density at radius 2 is 1.79 bits per heavy atom. The van der Waals surface area contributed by atoms with Gasteiger partial charge in [-0.05, 0) is 38.8 Å². The number of nitrogens with zero attached hydrogens (tertiary/aromatic N) is 3. The van der Waals surface area contributed by atoms with E-state index in [0.717, 1.165) is 26.9 Å². The molecule has 1 heterocycles. The number of rotatable bonds is 5. The Morgan fingerprint density at radius 3 is 2.29 bits per heavy atom. The van der Waals surface area contributed by atoms with Crippen LogP contribution in [-0.4, -0.2) is 40.1 Å². The molecule has 2 rings (SSSR count). The lowest BCUT2D eigenvalue weighted by Crippen LogP contribution is -2.36. The molecule has 0 spiro atoms. The second-order valence-electron chi connectivity index (χ2n) is 6.92. The summed E-state index contributed by atoms with van der Waals surface area (Å²) in [5, 5.41) is 6.41. The lowest BCUT2D eigenvalue weighted by Gasteiger charge is -2.19. The molecule has 6 nitrogen and oxygen atoms in total. The Morgan fingerprint density at radius 1 is 1.21 bits per heavy atom. The van der Waals surface area contributed by atoms with Crippen LogP contribution in [0.15, 0.2) is 24.4 Å². The first-order chi connectivity index (χ1) is 12.9. The molecule has 2 aromatic rings. The van der Waals surface area contributed by atoms with Crippen LogP contribution in [0.2, 0.25) is 0 Å². The minimum absolute atomic E-state index is 0.392. The summed E-state index contributed by atoms with van der Waals surface area (Å²) in [5.41, 5.74) is 0.620. The van der Waals surface area contributed by atoms with E-state index >= 15 is 0 Å². The highest BCUT2D eigenvalue weighted by Crippen LogP contribution is 2.34. The van der Waals surface area contributed by atoms with E-state index in [0.29, 0.717) is 5.69 Å². The summed E-state index contributed by atoms with van der Waals surface area (Å²) in [6.07, 6.45) is -3.85. The number of anilines is 1. The molecule has 0 aliphatic rings. The van der Waals surface area contributed by atoms with Crippen LogP contribution in [0.5, 0.6) is 0 Å².